The Hall–Kier alpha value is -1.67. The van der Waals surface area contributed by atoms with E-state index >= 15 is 0 Å². The molecule has 8 heteroatoms. The topological polar surface area (TPSA) is 53.5 Å². The summed E-state index contributed by atoms with van der Waals surface area (Å²) in [5.74, 6) is 0. The molecule has 1 aliphatic rings. The van der Waals surface area contributed by atoms with E-state index in [-0.39, 0.29) is 0 Å². The molecule has 2 heterocycles. The zero-order valence-corrected chi connectivity index (χ0v) is 15.7. The van der Waals surface area contributed by atoms with Gasteiger partial charge < -0.3 is 4.90 Å². The van der Waals surface area contributed by atoms with Gasteiger partial charge in [-0.2, -0.15) is 4.31 Å². The number of thiazole rings is 1. The van der Waals surface area contributed by atoms with Gasteiger partial charge in [-0.25, -0.2) is 13.4 Å². The van der Waals surface area contributed by atoms with Gasteiger partial charge in [0.25, 0.3) is 0 Å². The number of para-hydroxylation sites is 1. The number of anilines is 1. The molecule has 0 amide bonds. The Morgan fingerprint density at radius 3 is 2.36 bits per heavy atom. The van der Waals surface area contributed by atoms with Crippen molar-refractivity contribution in [2.45, 2.75) is 4.90 Å². The van der Waals surface area contributed by atoms with Gasteiger partial charge in [-0.3, -0.25) is 0 Å². The van der Waals surface area contributed by atoms with Crippen LogP contribution in [0.4, 0.5) is 5.13 Å². The molecule has 1 saturated heterocycles. The second-order valence-corrected chi connectivity index (χ2v) is 9.14. The number of halogens is 1. The van der Waals surface area contributed by atoms with Crippen LogP contribution in [-0.4, -0.2) is 43.9 Å². The van der Waals surface area contributed by atoms with Crippen LogP contribution < -0.4 is 4.90 Å². The number of piperazine rings is 1. The highest BCUT2D eigenvalue weighted by Gasteiger charge is 2.29. The molecule has 4 rings (SSSR count). The number of sulfonamides is 1. The maximum atomic E-state index is 12.7. The fourth-order valence-electron chi connectivity index (χ4n) is 2.90. The quantitative estimate of drug-likeness (QED) is 0.683. The zero-order chi connectivity index (χ0) is 17.4. The van der Waals surface area contributed by atoms with Gasteiger partial charge in [0, 0.05) is 26.2 Å². The van der Waals surface area contributed by atoms with Crippen LogP contribution in [0.25, 0.3) is 10.2 Å². The SMILES string of the molecule is O=S(=O)(c1ccccc1)N1CCN(c2nc3c(Cl)cccc3s2)CC1. The maximum Gasteiger partial charge on any atom is 0.243 e. The minimum Gasteiger partial charge on any atom is -0.345 e. The van der Waals surface area contributed by atoms with Crippen molar-refractivity contribution in [1.29, 1.82) is 0 Å². The minimum atomic E-state index is -3.43. The van der Waals surface area contributed by atoms with Gasteiger partial charge >= 0.3 is 0 Å². The van der Waals surface area contributed by atoms with Gasteiger partial charge in [0.1, 0.15) is 5.52 Å². The molecule has 0 radical (unpaired) electrons. The summed E-state index contributed by atoms with van der Waals surface area (Å²) in [6.07, 6.45) is 0. The summed E-state index contributed by atoms with van der Waals surface area (Å²) in [6, 6.07) is 14.3. The standard InChI is InChI=1S/C17H16ClN3O2S2/c18-14-7-4-8-15-16(14)19-17(24-15)20-9-11-21(12-10-20)25(22,23)13-5-2-1-3-6-13/h1-8H,9-12H2. The van der Waals surface area contributed by atoms with E-state index in [0.717, 1.165) is 15.3 Å². The molecule has 5 nitrogen and oxygen atoms in total. The van der Waals surface area contributed by atoms with E-state index in [0.29, 0.717) is 36.1 Å². The Bertz CT molecular complexity index is 997. The lowest BCUT2D eigenvalue weighted by molar-refractivity contribution is 0.385. The summed E-state index contributed by atoms with van der Waals surface area (Å²) in [5.41, 5.74) is 0.809. The number of hydrogen-bond acceptors (Lipinski definition) is 5. The van der Waals surface area contributed by atoms with E-state index in [2.05, 4.69) is 9.88 Å². The van der Waals surface area contributed by atoms with Crippen molar-refractivity contribution in [3.8, 4) is 0 Å². The van der Waals surface area contributed by atoms with Crippen molar-refractivity contribution in [1.82, 2.24) is 9.29 Å². The third kappa shape index (κ3) is 3.13. The monoisotopic (exact) mass is 393 g/mol. The lowest BCUT2D eigenvalue weighted by Gasteiger charge is -2.33. The number of benzene rings is 2. The minimum absolute atomic E-state index is 0.343. The van der Waals surface area contributed by atoms with Crippen molar-refractivity contribution in [3.05, 3.63) is 53.6 Å². The van der Waals surface area contributed by atoms with Gasteiger partial charge in [-0.1, -0.05) is 47.2 Å². The van der Waals surface area contributed by atoms with Crippen molar-refractivity contribution < 1.29 is 8.42 Å². The smallest absolute Gasteiger partial charge is 0.243 e. The molecule has 1 aromatic heterocycles. The molecule has 0 bridgehead atoms. The van der Waals surface area contributed by atoms with Crippen LogP contribution in [0.1, 0.15) is 0 Å². The Morgan fingerprint density at radius 2 is 1.68 bits per heavy atom. The summed E-state index contributed by atoms with van der Waals surface area (Å²) in [7, 11) is -3.43. The summed E-state index contributed by atoms with van der Waals surface area (Å²) >= 11 is 7.78. The van der Waals surface area contributed by atoms with Crippen LogP contribution in [-0.2, 0) is 10.0 Å². The van der Waals surface area contributed by atoms with E-state index in [9.17, 15) is 8.42 Å². The third-order valence-corrected chi connectivity index (χ3v) is 7.55. The Kier molecular flexibility index (Phi) is 4.41. The third-order valence-electron chi connectivity index (χ3n) is 4.25. The van der Waals surface area contributed by atoms with Crippen LogP contribution in [0, 0.1) is 0 Å². The van der Waals surface area contributed by atoms with Crippen LogP contribution in [0.15, 0.2) is 53.4 Å². The first kappa shape index (κ1) is 16.8. The van der Waals surface area contributed by atoms with E-state index < -0.39 is 10.0 Å². The largest absolute Gasteiger partial charge is 0.345 e. The van der Waals surface area contributed by atoms with Crippen LogP contribution in [0.3, 0.4) is 0 Å². The number of nitrogens with zero attached hydrogens (tertiary/aromatic N) is 3. The Morgan fingerprint density at radius 1 is 0.960 bits per heavy atom. The number of fused-ring (bicyclic) bond motifs is 1. The highest BCUT2D eigenvalue weighted by molar-refractivity contribution is 7.89. The van der Waals surface area contributed by atoms with E-state index in [1.54, 1.807) is 39.9 Å². The van der Waals surface area contributed by atoms with Crippen molar-refractivity contribution in [2.75, 3.05) is 31.1 Å². The molecule has 25 heavy (non-hydrogen) atoms. The second-order valence-electron chi connectivity index (χ2n) is 5.79. The molecule has 3 aromatic rings. The molecule has 2 aromatic carbocycles. The van der Waals surface area contributed by atoms with Crippen molar-refractivity contribution in [2.24, 2.45) is 0 Å². The highest BCUT2D eigenvalue weighted by atomic mass is 35.5. The van der Waals surface area contributed by atoms with Gasteiger partial charge in [-0.05, 0) is 24.3 Å². The molecule has 1 aliphatic heterocycles. The fourth-order valence-corrected chi connectivity index (χ4v) is 5.66. The lowest BCUT2D eigenvalue weighted by Crippen LogP contribution is -2.48. The molecule has 0 aliphatic carbocycles. The van der Waals surface area contributed by atoms with E-state index in [1.165, 1.54) is 0 Å². The summed E-state index contributed by atoms with van der Waals surface area (Å²) in [4.78, 5) is 7.09. The van der Waals surface area contributed by atoms with Gasteiger partial charge in [0.15, 0.2) is 5.13 Å². The van der Waals surface area contributed by atoms with Crippen molar-refractivity contribution >= 4 is 48.3 Å². The molecule has 0 spiro atoms. The highest BCUT2D eigenvalue weighted by Crippen LogP contribution is 2.33. The fraction of sp³-hybridized carbons (Fsp3) is 0.235. The first-order valence-electron chi connectivity index (χ1n) is 7.91. The molecule has 1 fully saturated rings. The predicted octanol–water partition coefficient (Wildman–Crippen LogP) is 3.46. The average molecular weight is 394 g/mol. The van der Waals surface area contributed by atoms with Gasteiger partial charge in [-0.15, -0.1) is 0 Å². The summed E-state index contributed by atoms with van der Waals surface area (Å²) < 4.78 is 28.0. The van der Waals surface area contributed by atoms with Gasteiger partial charge in [0.2, 0.25) is 10.0 Å². The van der Waals surface area contributed by atoms with Gasteiger partial charge in [0.05, 0.1) is 14.6 Å². The van der Waals surface area contributed by atoms with Crippen LogP contribution in [0.5, 0.6) is 0 Å². The molecule has 0 atom stereocenters. The Balaban J connectivity index is 1.52. The van der Waals surface area contributed by atoms with Crippen molar-refractivity contribution in [3.63, 3.8) is 0 Å². The normalized spacial score (nSPS) is 16.4. The van der Waals surface area contributed by atoms with E-state index in [4.69, 9.17) is 11.6 Å². The predicted molar refractivity (Wildman–Crippen MR) is 102 cm³/mol. The first-order valence-corrected chi connectivity index (χ1v) is 10.5. The second kappa shape index (κ2) is 6.57. The average Bonchev–Trinajstić information content (AvgIpc) is 3.08. The van der Waals surface area contributed by atoms with E-state index in [1.807, 2.05) is 24.3 Å². The number of aromatic nitrogens is 1. The summed E-state index contributed by atoms with van der Waals surface area (Å²) in [5, 5.41) is 1.53. The maximum absolute atomic E-state index is 12.7. The molecular weight excluding hydrogens is 378 g/mol. The molecule has 0 unspecified atom stereocenters. The zero-order valence-electron chi connectivity index (χ0n) is 13.3. The molecule has 0 N–H and O–H groups in total. The molecule has 0 saturated carbocycles. The number of hydrogen-bond donors (Lipinski definition) is 0. The molecule has 130 valence electrons. The van der Waals surface area contributed by atoms with Crippen LogP contribution in [0.2, 0.25) is 5.02 Å². The van der Waals surface area contributed by atoms with Crippen LogP contribution >= 0.6 is 22.9 Å². The lowest BCUT2D eigenvalue weighted by atomic mass is 10.3. The molecular formula is C17H16ClN3O2S2. The Labute approximate surface area is 155 Å². The number of rotatable bonds is 3. The first-order chi connectivity index (χ1) is 12.1. The summed E-state index contributed by atoms with van der Waals surface area (Å²) in [6.45, 7) is 2.12.